The highest BCUT2D eigenvalue weighted by Gasteiger charge is 2.35. The molecule has 128 valence electrons. The number of hydrogen-bond donors (Lipinski definition) is 2. The highest BCUT2D eigenvalue weighted by atomic mass is 35.5. The molecule has 1 fully saturated rings. The number of carboxylic acid groups (broad SMARTS) is 1. The largest absolute Gasteiger partial charge is 0.480 e. The molecule has 1 amide bonds. The summed E-state index contributed by atoms with van der Waals surface area (Å²) in [4.78, 5) is 24.4. The van der Waals surface area contributed by atoms with Crippen molar-refractivity contribution in [3.8, 4) is 0 Å². The molecule has 0 aliphatic carbocycles. The van der Waals surface area contributed by atoms with Crippen LogP contribution in [0.25, 0.3) is 0 Å². The van der Waals surface area contributed by atoms with Gasteiger partial charge in [0.05, 0.1) is 17.8 Å². The quantitative estimate of drug-likeness (QED) is 0.874. The molecule has 1 aromatic rings. The molecule has 0 unspecified atom stereocenters. The van der Waals surface area contributed by atoms with Gasteiger partial charge in [0.2, 0.25) is 5.91 Å². The van der Waals surface area contributed by atoms with Gasteiger partial charge in [0.25, 0.3) is 0 Å². The molecule has 0 radical (unpaired) electrons. The Morgan fingerprint density at radius 1 is 1.30 bits per heavy atom. The van der Waals surface area contributed by atoms with Crippen molar-refractivity contribution >= 4 is 30.0 Å². The first-order valence-electron chi connectivity index (χ1n) is 6.72. The number of para-hydroxylation sites is 1. The van der Waals surface area contributed by atoms with Gasteiger partial charge in [-0.25, -0.2) is 0 Å². The lowest BCUT2D eigenvalue weighted by molar-refractivity contribution is -0.142. The number of hydrogen-bond acceptors (Lipinski definition) is 3. The summed E-state index contributed by atoms with van der Waals surface area (Å²) in [5, 5.41) is 11.2. The van der Waals surface area contributed by atoms with E-state index in [1.54, 1.807) is 0 Å². The number of alkyl halides is 3. The monoisotopic (exact) mass is 352 g/mol. The lowest BCUT2D eigenvalue weighted by Crippen LogP contribution is -2.41. The van der Waals surface area contributed by atoms with Crippen molar-refractivity contribution < 1.29 is 27.9 Å². The molecule has 5 nitrogen and oxygen atoms in total. The zero-order valence-corrected chi connectivity index (χ0v) is 12.8. The molecule has 2 N–H and O–H groups in total. The van der Waals surface area contributed by atoms with E-state index in [0.29, 0.717) is 19.4 Å². The van der Waals surface area contributed by atoms with Crippen LogP contribution in [-0.4, -0.2) is 41.0 Å². The van der Waals surface area contributed by atoms with Crippen molar-refractivity contribution in [2.24, 2.45) is 0 Å². The number of rotatable bonds is 4. The van der Waals surface area contributed by atoms with Gasteiger partial charge in [0.15, 0.2) is 0 Å². The summed E-state index contributed by atoms with van der Waals surface area (Å²) in [6, 6.07) is 3.91. The van der Waals surface area contributed by atoms with Crippen molar-refractivity contribution in [2.75, 3.05) is 18.4 Å². The van der Waals surface area contributed by atoms with E-state index in [1.165, 1.54) is 23.1 Å². The first kappa shape index (κ1) is 19.2. The number of anilines is 1. The van der Waals surface area contributed by atoms with E-state index in [4.69, 9.17) is 5.11 Å². The summed E-state index contributed by atoms with van der Waals surface area (Å²) in [6.45, 7) is 0.189. The number of nitrogens with one attached hydrogen (secondary N) is 1. The third-order valence-corrected chi connectivity index (χ3v) is 3.50. The maximum Gasteiger partial charge on any atom is 0.418 e. The van der Waals surface area contributed by atoms with Crippen molar-refractivity contribution in [3.63, 3.8) is 0 Å². The van der Waals surface area contributed by atoms with Crippen LogP contribution in [0.1, 0.15) is 18.4 Å². The van der Waals surface area contributed by atoms with Gasteiger partial charge in [-0.3, -0.25) is 14.5 Å². The molecule has 23 heavy (non-hydrogen) atoms. The highest BCUT2D eigenvalue weighted by molar-refractivity contribution is 5.93. The Bertz CT molecular complexity index is 581. The number of halogens is 4. The van der Waals surface area contributed by atoms with Crippen LogP contribution in [-0.2, 0) is 15.8 Å². The van der Waals surface area contributed by atoms with E-state index in [1.807, 2.05) is 0 Å². The maximum absolute atomic E-state index is 12.8. The molecule has 0 aromatic heterocycles. The van der Waals surface area contributed by atoms with E-state index < -0.39 is 29.7 Å². The standard InChI is InChI=1S/C14H15F3N2O3.ClH/c15-14(16,17)9-4-1-2-5-10(9)18-12(20)8-19-7-3-6-11(19)13(21)22;/h1-2,4-5,11H,3,6-8H2,(H,18,20)(H,21,22);1H/t11-;/m0./s1. The Labute approximate surface area is 136 Å². The molecule has 1 aliphatic heterocycles. The summed E-state index contributed by atoms with van der Waals surface area (Å²) < 4.78 is 38.5. The van der Waals surface area contributed by atoms with Gasteiger partial charge in [-0.1, -0.05) is 12.1 Å². The Hall–Kier alpha value is -1.80. The number of carbonyl (C=O) groups excluding carboxylic acids is 1. The molecule has 1 atom stereocenters. The van der Waals surface area contributed by atoms with E-state index in [9.17, 15) is 22.8 Å². The summed E-state index contributed by atoms with van der Waals surface area (Å²) in [6.07, 6.45) is -3.49. The van der Waals surface area contributed by atoms with E-state index in [2.05, 4.69) is 5.32 Å². The predicted octanol–water partition coefficient (Wildman–Crippen LogP) is 2.61. The maximum atomic E-state index is 12.8. The van der Waals surface area contributed by atoms with Gasteiger partial charge in [-0.2, -0.15) is 13.2 Å². The number of likely N-dealkylation sites (tertiary alicyclic amines) is 1. The van der Waals surface area contributed by atoms with E-state index >= 15 is 0 Å². The zero-order chi connectivity index (χ0) is 16.3. The molecular weight excluding hydrogens is 337 g/mol. The van der Waals surface area contributed by atoms with Crippen LogP contribution < -0.4 is 5.32 Å². The highest BCUT2D eigenvalue weighted by Crippen LogP contribution is 2.34. The van der Waals surface area contributed by atoms with Crippen molar-refractivity contribution in [1.82, 2.24) is 4.90 Å². The molecule has 1 saturated heterocycles. The van der Waals surface area contributed by atoms with Gasteiger partial charge in [-0.05, 0) is 31.5 Å². The number of nitrogens with zero attached hydrogens (tertiary/aromatic N) is 1. The van der Waals surface area contributed by atoms with Crippen molar-refractivity contribution in [1.29, 1.82) is 0 Å². The fraction of sp³-hybridized carbons (Fsp3) is 0.429. The second kappa shape index (κ2) is 7.65. The van der Waals surface area contributed by atoms with E-state index in [0.717, 1.165) is 6.07 Å². The average molecular weight is 353 g/mol. The first-order valence-corrected chi connectivity index (χ1v) is 6.72. The number of benzene rings is 1. The van der Waals surface area contributed by atoms with Crippen LogP contribution >= 0.6 is 12.4 Å². The minimum absolute atomic E-state index is 0. The third-order valence-electron chi connectivity index (χ3n) is 3.50. The lowest BCUT2D eigenvalue weighted by atomic mass is 10.1. The van der Waals surface area contributed by atoms with Crippen LogP contribution in [0.3, 0.4) is 0 Å². The topological polar surface area (TPSA) is 69.6 Å². The fourth-order valence-electron chi connectivity index (χ4n) is 2.51. The van der Waals surface area contributed by atoms with Gasteiger partial charge in [-0.15, -0.1) is 12.4 Å². The van der Waals surface area contributed by atoms with Crippen LogP contribution in [0.4, 0.5) is 18.9 Å². The third kappa shape index (κ3) is 4.84. The van der Waals surface area contributed by atoms with E-state index in [-0.39, 0.29) is 24.6 Å². The summed E-state index contributed by atoms with van der Waals surface area (Å²) in [5.74, 6) is -1.69. The normalized spacial score (nSPS) is 18.3. The molecule has 0 saturated carbocycles. The number of amides is 1. The predicted molar refractivity (Wildman–Crippen MR) is 79.6 cm³/mol. The van der Waals surface area contributed by atoms with Crippen LogP contribution in [0.15, 0.2) is 24.3 Å². The number of carboxylic acids is 1. The average Bonchev–Trinajstić information content (AvgIpc) is 2.86. The lowest BCUT2D eigenvalue weighted by Gasteiger charge is -2.21. The number of aliphatic carboxylic acids is 1. The molecule has 2 rings (SSSR count). The molecule has 1 heterocycles. The van der Waals surface area contributed by atoms with Crippen molar-refractivity contribution in [2.45, 2.75) is 25.1 Å². The van der Waals surface area contributed by atoms with Crippen LogP contribution in [0, 0.1) is 0 Å². The smallest absolute Gasteiger partial charge is 0.418 e. The Balaban J connectivity index is 0.00000264. The summed E-state index contributed by atoms with van der Waals surface area (Å²) in [7, 11) is 0. The number of carbonyl (C=O) groups is 2. The fourth-order valence-corrected chi connectivity index (χ4v) is 2.51. The molecule has 9 heteroatoms. The van der Waals surface area contributed by atoms with Gasteiger partial charge >= 0.3 is 12.1 Å². The first-order chi connectivity index (χ1) is 10.3. The molecule has 1 aromatic carbocycles. The van der Waals surface area contributed by atoms with Gasteiger partial charge in [0, 0.05) is 0 Å². The minimum atomic E-state index is -4.57. The van der Waals surface area contributed by atoms with Crippen LogP contribution in [0.2, 0.25) is 0 Å². The Morgan fingerprint density at radius 2 is 1.96 bits per heavy atom. The minimum Gasteiger partial charge on any atom is -0.480 e. The molecular formula is C14H16ClF3N2O3. The SMILES string of the molecule is Cl.O=C(CN1CCC[C@H]1C(=O)O)Nc1ccccc1C(F)(F)F. The molecule has 1 aliphatic rings. The molecule has 0 spiro atoms. The van der Waals surface area contributed by atoms with Crippen molar-refractivity contribution in [3.05, 3.63) is 29.8 Å². The molecule has 0 bridgehead atoms. The Morgan fingerprint density at radius 3 is 2.57 bits per heavy atom. The Kier molecular flexibility index (Phi) is 6.40. The second-order valence-electron chi connectivity index (χ2n) is 5.06. The summed E-state index contributed by atoms with van der Waals surface area (Å²) >= 11 is 0. The second-order valence-corrected chi connectivity index (χ2v) is 5.06. The van der Waals surface area contributed by atoms with Crippen LogP contribution in [0.5, 0.6) is 0 Å². The summed E-state index contributed by atoms with van der Waals surface area (Å²) in [5.41, 5.74) is -1.26. The van der Waals surface area contributed by atoms with Gasteiger partial charge < -0.3 is 10.4 Å². The zero-order valence-electron chi connectivity index (χ0n) is 12.0. The van der Waals surface area contributed by atoms with Gasteiger partial charge in [0.1, 0.15) is 6.04 Å².